The van der Waals surface area contributed by atoms with Gasteiger partial charge in [0.25, 0.3) is 0 Å². The van der Waals surface area contributed by atoms with Crippen LogP contribution < -0.4 is 4.90 Å². The van der Waals surface area contributed by atoms with Crippen LogP contribution in [0.15, 0.2) is 65.8 Å². The summed E-state index contributed by atoms with van der Waals surface area (Å²) in [7, 11) is -3.29. The van der Waals surface area contributed by atoms with Gasteiger partial charge in [-0.3, -0.25) is 14.7 Å². The molecular formula is C23H20ClN3O3S2. The molecule has 4 aromatic rings. The van der Waals surface area contributed by atoms with Crippen LogP contribution in [-0.2, 0) is 27.6 Å². The zero-order chi connectivity index (χ0) is 22.9. The Bertz CT molecular complexity index is 1390. The summed E-state index contributed by atoms with van der Waals surface area (Å²) in [6.45, 7) is 2.25. The van der Waals surface area contributed by atoms with Gasteiger partial charge in [-0.15, -0.1) is 0 Å². The van der Waals surface area contributed by atoms with Crippen molar-refractivity contribution in [2.45, 2.75) is 24.8 Å². The first-order chi connectivity index (χ1) is 15.2. The maximum absolute atomic E-state index is 13.4. The molecule has 4 rings (SSSR count). The van der Waals surface area contributed by atoms with Gasteiger partial charge in [0.2, 0.25) is 5.91 Å². The number of anilines is 1. The minimum atomic E-state index is -3.29. The molecule has 0 saturated carbocycles. The monoisotopic (exact) mass is 485 g/mol. The Balaban J connectivity index is 1.68. The first-order valence-electron chi connectivity index (χ1n) is 9.76. The Morgan fingerprint density at radius 3 is 2.38 bits per heavy atom. The van der Waals surface area contributed by atoms with E-state index in [9.17, 15) is 13.2 Å². The molecule has 2 aromatic carbocycles. The number of hydrogen-bond acceptors (Lipinski definition) is 6. The summed E-state index contributed by atoms with van der Waals surface area (Å²) in [6.07, 6.45) is 4.64. The van der Waals surface area contributed by atoms with Crippen LogP contribution in [0.5, 0.6) is 0 Å². The van der Waals surface area contributed by atoms with Crippen LogP contribution in [0.4, 0.5) is 5.13 Å². The highest BCUT2D eigenvalue weighted by molar-refractivity contribution is 7.90. The highest BCUT2D eigenvalue weighted by atomic mass is 35.5. The molecule has 0 unspecified atom stereocenters. The third-order valence-electron chi connectivity index (χ3n) is 5.07. The van der Waals surface area contributed by atoms with E-state index in [0.717, 1.165) is 33.2 Å². The Morgan fingerprint density at radius 2 is 1.72 bits per heavy atom. The number of carbonyl (C=O) groups excluding carboxylic acids is 1. The molecule has 9 heteroatoms. The summed E-state index contributed by atoms with van der Waals surface area (Å²) < 4.78 is 24.4. The summed E-state index contributed by atoms with van der Waals surface area (Å²) in [5.74, 6) is -0.142. The van der Waals surface area contributed by atoms with E-state index in [1.165, 1.54) is 23.5 Å². The zero-order valence-electron chi connectivity index (χ0n) is 17.4. The van der Waals surface area contributed by atoms with Crippen molar-refractivity contribution in [2.24, 2.45) is 0 Å². The average Bonchev–Trinajstić information content (AvgIpc) is 3.20. The number of thiazole rings is 1. The number of benzene rings is 2. The number of hydrogen-bond donors (Lipinski definition) is 0. The van der Waals surface area contributed by atoms with E-state index in [4.69, 9.17) is 16.6 Å². The number of amides is 1. The molecule has 0 aliphatic heterocycles. The summed E-state index contributed by atoms with van der Waals surface area (Å²) in [4.78, 5) is 24.0. The van der Waals surface area contributed by atoms with Crippen molar-refractivity contribution >= 4 is 54.0 Å². The summed E-state index contributed by atoms with van der Waals surface area (Å²) in [5, 5.41) is 1.22. The maximum atomic E-state index is 13.4. The molecule has 0 aliphatic rings. The molecule has 6 nitrogen and oxygen atoms in total. The highest BCUT2D eigenvalue weighted by Gasteiger charge is 2.22. The fraction of sp³-hybridized carbons (Fsp3) is 0.174. The number of pyridine rings is 1. The molecular weight excluding hydrogens is 466 g/mol. The van der Waals surface area contributed by atoms with Crippen molar-refractivity contribution in [1.29, 1.82) is 0 Å². The number of aryl methyl sites for hydroxylation is 1. The van der Waals surface area contributed by atoms with Crippen LogP contribution in [0, 0.1) is 6.92 Å². The number of rotatable bonds is 6. The topological polar surface area (TPSA) is 80.2 Å². The molecule has 164 valence electrons. The van der Waals surface area contributed by atoms with Crippen molar-refractivity contribution < 1.29 is 13.2 Å². The van der Waals surface area contributed by atoms with Crippen LogP contribution in [0.3, 0.4) is 0 Å². The lowest BCUT2D eigenvalue weighted by molar-refractivity contribution is -0.118. The summed E-state index contributed by atoms with van der Waals surface area (Å²) in [5.41, 5.74) is 3.30. The molecule has 0 radical (unpaired) electrons. The predicted octanol–water partition coefficient (Wildman–Crippen LogP) is 4.83. The molecule has 32 heavy (non-hydrogen) atoms. The Labute approximate surface area is 195 Å². The molecule has 0 fully saturated rings. The third-order valence-corrected chi connectivity index (χ3v) is 7.65. The molecule has 2 aromatic heterocycles. The smallest absolute Gasteiger partial charge is 0.233 e. The second kappa shape index (κ2) is 8.97. The van der Waals surface area contributed by atoms with Crippen molar-refractivity contribution in [1.82, 2.24) is 9.97 Å². The molecule has 0 bridgehead atoms. The fourth-order valence-electron chi connectivity index (χ4n) is 3.26. The van der Waals surface area contributed by atoms with E-state index < -0.39 is 9.84 Å². The molecule has 0 N–H and O–H groups in total. The van der Waals surface area contributed by atoms with E-state index in [2.05, 4.69) is 4.98 Å². The number of aromatic nitrogens is 2. The normalized spacial score (nSPS) is 11.6. The molecule has 0 aliphatic carbocycles. The van der Waals surface area contributed by atoms with Gasteiger partial charge < -0.3 is 0 Å². The van der Waals surface area contributed by atoms with Crippen molar-refractivity contribution in [3.05, 3.63) is 82.6 Å². The van der Waals surface area contributed by atoms with Crippen molar-refractivity contribution in [3.63, 3.8) is 0 Å². The largest absolute Gasteiger partial charge is 0.283 e. The van der Waals surface area contributed by atoms with Crippen LogP contribution >= 0.6 is 22.9 Å². The zero-order valence-corrected chi connectivity index (χ0v) is 19.8. The van der Waals surface area contributed by atoms with Gasteiger partial charge in [0.1, 0.15) is 0 Å². The lowest BCUT2D eigenvalue weighted by Gasteiger charge is -2.20. The number of halogens is 1. The first kappa shape index (κ1) is 22.4. The second-order valence-electron chi connectivity index (χ2n) is 7.44. The van der Waals surface area contributed by atoms with Crippen LogP contribution in [0.1, 0.15) is 16.7 Å². The molecule has 0 spiro atoms. The lowest BCUT2D eigenvalue weighted by Crippen LogP contribution is -2.31. The number of nitrogens with zero attached hydrogens (tertiary/aromatic N) is 3. The van der Waals surface area contributed by atoms with Gasteiger partial charge in [0.15, 0.2) is 15.0 Å². The van der Waals surface area contributed by atoms with Gasteiger partial charge in [-0.05, 0) is 60.0 Å². The summed E-state index contributed by atoms with van der Waals surface area (Å²) in [6, 6.07) is 13.8. The van der Waals surface area contributed by atoms with E-state index in [0.29, 0.717) is 16.7 Å². The number of carbonyl (C=O) groups is 1. The average molecular weight is 486 g/mol. The van der Waals surface area contributed by atoms with Gasteiger partial charge in [0, 0.05) is 23.7 Å². The van der Waals surface area contributed by atoms with Gasteiger partial charge in [-0.2, -0.15) is 0 Å². The van der Waals surface area contributed by atoms with Crippen LogP contribution in [-0.4, -0.2) is 30.5 Å². The minimum absolute atomic E-state index is 0.116. The quantitative estimate of drug-likeness (QED) is 0.390. The predicted molar refractivity (Wildman–Crippen MR) is 128 cm³/mol. The number of sulfone groups is 1. The SMILES string of the molecule is Cc1c(Cl)ccc2sc(N(Cc3ccncc3)C(=O)Cc3ccc(S(C)(=O)=O)cc3)nc12. The third kappa shape index (κ3) is 4.82. The Kier molecular flexibility index (Phi) is 6.28. The molecule has 1 amide bonds. The Morgan fingerprint density at radius 1 is 1.03 bits per heavy atom. The summed E-state index contributed by atoms with van der Waals surface area (Å²) >= 11 is 7.69. The van der Waals surface area contributed by atoms with Gasteiger partial charge in [-0.1, -0.05) is 35.1 Å². The van der Waals surface area contributed by atoms with Gasteiger partial charge >= 0.3 is 0 Å². The lowest BCUT2D eigenvalue weighted by atomic mass is 10.1. The molecule has 0 saturated heterocycles. The number of fused-ring (bicyclic) bond motifs is 1. The Hall–Kier alpha value is -2.81. The van der Waals surface area contributed by atoms with Crippen LogP contribution in [0.2, 0.25) is 5.02 Å². The molecule has 2 heterocycles. The fourth-order valence-corrected chi connectivity index (χ4v) is 5.09. The van der Waals surface area contributed by atoms with E-state index in [1.807, 2.05) is 31.2 Å². The van der Waals surface area contributed by atoms with Crippen LogP contribution in [0.25, 0.3) is 10.2 Å². The molecule has 0 atom stereocenters. The highest BCUT2D eigenvalue weighted by Crippen LogP contribution is 2.34. The first-order valence-corrected chi connectivity index (χ1v) is 12.8. The van der Waals surface area contributed by atoms with E-state index in [-0.39, 0.29) is 17.2 Å². The van der Waals surface area contributed by atoms with E-state index >= 15 is 0 Å². The standard InChI is InChI=1S/C23H20ClN3O3S2/c1-15-19(24)7-8-20-22(15)26-23(31-20)27(14-17-9-11-25-12-10-17)21(28)13-16-3-5-18(6-4-16)32(2,29)30/h3-12H,13-14H2,1-2H3. The maximum Gasteiger partial charge on any atom is 0.233 e. The second-order valence-corrected chi connectivity index (χ2v) is 10.9. The van der Waals surface area contributed by atoms with Crippen molar-refractivity contribution in [3.8, 4) is 0 Å². The van der Waals surface area contributed by atoms with Gasteiger partial charge in [-0.25, -0.2) is 13.4 Å². The van der Waals surface area contributed by atoms with Crippen molar-refractivity contribution in [2.75, 3.05) is 11.2 Å². The van der Waals surface area contributed by atoms with Gasteiger partial charge in [0.05, 0.1) is 28.1 Å². The minimum Gasteiger partial charge on any atom is -0.283 e. The van der Waals surface area contributed by atoms with E-state index in [1.54, 1.807) is 29.4 Å².